The van der Waals surface area contributed by atoms with Crippen LogP contribution < -0.4 is 10.1 Å². The van der Waals surface area contributed by atoms with Gasteiger partial charge in [0.2, 0.25) is 5.91 Å². The zero-order valence-electron chi connectivity index (χ0n) is 16.5. The Morgan fingerprint density at radius 3 is 2.26 bits per heavy atom. The summed E-state index contributed by atoms with van der Waals surface area (Å²) in [6, 6.07) is 3.53. The summed E-state index contributed by atoms with van der Waals surface area (Å²) in [7, 11) is -2.06. The number of phenols is 2. The lowest BCUT2D eigenvalue weighted by Gasteiger charge is -2.42. The minimum absolute atomic E-state index is 0.00159. The normalized spacial score (nSPS) is 20.0. The molecule has 0 aromatic heterocycles. The first-order chi connectivity index (χ1) is 12.3. The van der Waals surface area contributed by atoms with Crippen molar-refractivity contribution in [3.05, 3.63) is 30.0 Å². The number of benzene rings is 1. The highest BCUT2D eigenvalue weighted by molar-refractivity contribution is 6.74. The SMILES string of the molecule is C[C@@H](O[Si](C)(C)C(C)(C)C)[C@H]1C(=O)N/C1=C\C(=O)Oc1cc(O)cc(O)c1. The maximum Gasteiger partial charge on any atom is 0.337 e. The molecule has 1 saturated heterocycles. The molecule has 1 aliphatic heterocycles. The molecule has 2 rings (SSSR count). The molecule has 1 fully saturated rings. The smallest absolute Gasteiger partial charge is 0.337 e. The largest absolute Gasteiger partial charge is 0.508 e. The van der Waals surface area contributed by atoms with E-state index >= 15 is 0 Å². The molecule has 8 heteroatoms. The Morgan fingerprint density at radius 1 is 1.22 bits per heavy atom. The van der Waals surface area contributed by atoms with Gasteiger partial charge in [0.25, 0.3) is 0 Å². The molecule has 0 unspecified atom stereocenters. The van der Waals surface area contributed by atoms with Crippen molar-refractivity contribution in [2.24, 2.45) is 5.92 Å². The summed E-state index contributed by atoms with van der Waals surface area (Å²) >= 11 is 0. The maximum absolute atomic E-state index is 12.1. The number of esters is 1. The standard InChI is InChI=1S/C19H27NO6Si/c1-11(26-27(5,6)19(2,3)4)17-15(20-18(17)24)10-16(23)25-14-8-12(21)7-13(22)9-14/h7-11,17,21-22H,1-6H3,(H,20,24)/b15-10-/t11-,17-/m1/s1. The monoisotopic (exact) mass is 393 g/mol. The van der Waals surface area contributed by atoms with Crippen LogP contribution in [0.3, 0.4) is 0 Å². The molecule has 0 saturated carbocycles. The van der Waals surface area contributed by atoms with Crippen LogP contribution in [0.5, 0.6) is 17.2 Å². The van der Waals surface area contributed by atoms with Gasteiger partial charge in [-0.25, -0.2) is 4.79 Å². The van der Waals surface area contributed by atoms with Gasteiger partial charge in [-0.2, -0.15) is 0 Å². The van der Waals surface area contributed by atoms with Crippen LogP contribution >= 0.6 is 0 Å². The minimum Gasteiger partial charge on any atom is -0.508 e. The average Bonchev–Trinajstić information content (AvgIpc) is 2.42. The number of rotatable bonds is 5. The van der Waals surface area contributed by atoms with Crippen LogP contribution in [0.25, 0.3) is 0 Å². The molecular formula is C19H27NO6Si. The highest BCUT2D eigenvalue weighted by Crippen LogP contribution is 2.39. The van der Waals surface area contributed by atoms with Crippen LogP contribution in [0.4, 0.5) is 0 Å². The second-order valence-corrected chi connectivity index (χ2v) is 13.0. The fourth-order valence-corrected chi connectivity index (χ4v) is 3.98. The van der Waals surface area contributed by atoms with E-state index in [1.165, 1.54) is 18.2 Å². The van der Waals surface area contributed by atoms with Crippen molar-refractivity contribution in [1.29, 1.82) is 0 Å². The van der Waals surface area contributed by atoms with Crippen molar-refractivity contribution in [3.8, 4) is 17.2 Å². The van der Waals surface area contributed by atoms with E-state index in [2.05, 4.69) is 39.2 Å². The molecule has 1 amide bonds. The summed E-state index contributed by atoms with van der Waals surface area (Å²) in [4.78, 5) is 24.1. The molecule has 148 valence electrons. The molecule has 1 aliphatic rings. The van der Waals surface area contributed by atoms with Crippen LogP contribution in [0.2, 0.25) is 18.1 Å². The van der Waals surface area contributed by atoms with Gasteiger partial charge in [0, 0.05) is 30.0 Å². The number of ether oxygens (including phenoxy) is 1. The van der Waals surface area contributed by atoms with E-state index in [0.717, 1.165) is 6.07 Å². The summed E-state index contributed by atoms with van der Waals surface area (Å²) < 4.78 is 11.3. The Hall–Kier alpha value is -2.32. The predicted molar refractivity (Wildman–Crippen MR) is 103 cm³/mol. The summed E-state index contributed by atoms with van der Waals surface area (Å²) in [5.74, 6) is -1.92. The van der Waals surface area contributed by atoms with Crippen molar-refractivity contribution in [3.63, 3.8) is 0 Å². The molecular weight excluding hydrogens is 366 g/mol. The second-order valence-electron chi connectivity index (χ2n) is 8.26. The molecule has 0 aliphatic carbocycles. The topological polar surface area (TPSA) is 105 Å². The molecule has 7 nitrogen and oxygen atoms in total. The third-order valence-electron chi connectivity index (χ3n) is 5.01. The van der Waals surface area contributed by atoms with Gasteiger partial charge in [0.05, 0.1) is 6.10 Å². The van der Waals surface area contributed by atoms with E-state index < -0.39 is 20.2 Å². The Morgan fingerprint density at radius 2 is 1.78 bits per heavy atom. The number of carbonyl (C=O) groups is 2. The first-order valence-corrected chi connectivity index (χ1v) is 11.7. The average molecular weight is 394 g/mol. The lowest BCUT2D eigenvalue weighted by atomic mass is 9.91. The van der Waals surface area contributed by atoms with Gasteiger partial charge in [-0.1, -0.05) is 20.8 Å². The molecule has 1 heterocycles. The predicted octanol–water partition coefficient (Wildman–Crippen LogP) is 3.04. The number of β-lactam (4-membered cyclic amide) rings is 1. The van der Waals surface area contributed by atoms with E-state index in [9.17, 15) is 19.8 Å². The van der Waals surface area contributed by atoms with Gasteiger partial charge in [0.15, 0.2) is 8.32 Å². The Kier molecular flexibility index (Phi) is 5.72. The summed E-state index contributed by atoms with van der Waals surface area (Å²) in [6.07, 6.45) is 0.821. The highest BCUT2D eigenvalue weighted by Gasteiger charge is 2.45. The van der Waals surface area contributed by atoms with E-state index in [0.29, 0.717) is 5.70 Å². The molecule has 0 bridgehead atoms. The third-order valence-corrected chi connectivity index (χ3v) is 9.58. The van der Waals surface area contributed by atoms with Gasteiger partial charge in [-0.3, -0.25) is 4.79 Å². The summed E-state index contributed by atoms with van der Waals surface area (Å²) in [6.45, 7) is 12.4. The molecule has 0 radical (unpaired) electrons. The van der Waals surface area contributed by atoms with Crippen LogP contribution in [0.1, 0.15) is 27.7 Å². The fourth-order valence-electron chi connectivity index (χ4n) is 2.56. The highest BCUT2D eigenvalue weighted by atomic mass is 28.4. The van der Waals surface area contributed by atoms with Crippen molar-refractivity contribution in [2.45, 2.75) is 51.9 Å². The molecule has 2 atom stereocenters. The number of carbonyl (C=O) groups excluding carboxylic acids is 2. The van der Waals surface area contributed by atoms with Crippen LogP contribution in [-0.2, 0) is 14.0 Å². The van der Waals surface area contributed by atoms with E-state index in [-0.39, 0.29) is 34.3 Å². The van der Waals surface area contributed by atoms with Crippen LogP contribution in [0.15, 0.2) is 30.0 Å². The lowest BCUT2D eigenvalue weighted by molar-refractivity contribution is -0.131. The van der Waals surface area contributed by atoms with Crippen molar-refractivity contribution in [2.75, 3.05) is 0 Å². The maximum atomic E-state index is 12.1. The number of amides is 1. The zero-order valence-corrected chi connectivity index (χ0v) is 17.5. The van der Waals surface area contributed by atoms with Gasteiger partial charge < -0.3 is 24.7 Å². The lowest BCUT2D eigenvalue weighted by Crippen LogP contribution is -2.55. The summed E-state index contributed by atoms with van der Waals surface area (Å²) in [5.41, 5.74) is 0.431. The number of aromatic hydroxyl groups is 2. The number of hydrogen-bond acceptors (Lipinski definition) is 6. The van der Waals surface area contributed by atoms with Crippen molar-refractivity contribution >= 4 is 20.2 Å². The third kappa shape index (κ3) is 4.89. The minimum atomic E-state index is -2.06. The Bertz CT molecular complexity index is 761. The quantitative estimate of drug-likeness (QED) is 0.233. The Balaban J connectivity index is 2.09. The number of hydrogen-bond donors (Lipinski definition) is 3. The Labute approximate surface area is 160 Å². The van der Waals surface area contributed by atoms with Crippen LogP contribution in [0, 0.1) is 5.92 Å². The first-order valence-electron chi connectivity index (χ1n) is 8.75. The van der Waals surface area contributed by atoms with E-state index in [1.54, 1.807) is 0 Å². The molecule has 0 spiro atoms. The van der Waals surface area contributed by atoms with Crippen LogP contribution in [-0.4, -0.2) is 36.5 Å². The van der Waals surface area contributed by atoms with E-state index in [1.807, 2.05) is 6.92 Å². The molecule has 27 heavy (non-hydrogen) atoms. The number of nitrogens with one attached hydrogen (secondary N) is 1. The molecule has 3 N–H and O–H groups in total. The number of phenolic OH excluding ortho intramolecular Hbond substituents is 2. The van der Waals surface area contributed by atoms with Gasteiger partial charge in [-0.15, -0.1) is 0 Å². The summed E-state index contributed by atoms with van der Waals surface area (Å²) in [5, 5.41) is 21.5. The van der Waals surface area contributed by atoms with Gasteiger partial charge in [-0.05, 0) is 25.1 Å². The van der Waals surface area contributed by atoms with Gasteiger partial charge >= 0.3 is 5.97 Å². The zero-order chi connectivity index (χ0) is 20.6. The fraction of sp³-hybridized carbons (Fsp3) is 0.474. The molecule has 1 aromatic rings. The van der Waals surface area contributed by atoms with Crippen molar-refractivity contribution < 1.29 is 29.0 Å². The van der Waals surface area contributed by atoms with Crippen molar-refractivity contribution in [1.82, 2.24) is 5.32 Å². The molecule has 1 aromatic carbocycles. The first kappa shape index (κ1) is 21.0. The second kappa shape index (κ2) is 7.36. The van der Waals surface area contributed by atoms with E-state index in [4.69, 9.17) is 9.16 Å². The van der Waals surface area contributed by atoms with Gasteiger partial charge in [0.1, 0.15) is 23.2 Å².